The molecule has 2 heterocycles. The maximum Gasteiger partial charge on any atom is 0.410 e. The molecule has 0 spiro atoms. The maximum absolute atomic E-state index is 12.4. The highest BCUT2D eigenvalue weighted by atomic mass is 127. The molecular weight excluding hydrogens is 485 g/mol. The lowest BCUT2D eigenvalue weighted by Gasteiger charge is -2.36. The van der Waals surface area contributed by atoms with Gasteiger partial charge in [-0.05, 0) is 53.4 Å². The minimum Gasteiger partial charge on any atom is -0.444 e. The molecule has 1 N–H and O–H groups in total. The van der Waals surface area contributed by atoms with E-state index >= 15 is 0 Å². The molecule has 1 amide bonds. The number of aromatic nitrogens is 1. The Labute approximate surface area is 191 Å². The van der Waals surface area contributed by atoms with Crippen molar-refractivity contribution in [1.82, 2.24) is 20.3 Å². The van der Waals surface area contributed by atoms with Gasteiger partial charge in [0.25, 0.3) is 0 Å². The summed E-state index contributed by atoms with van der Waals surface area (Å²) in [5.74, 6) is 1.38. The number of carbonyl (C=O) groups excluding carboxylic acids is 1. The van der Waals surface area contributed by atoms with Crippen LogP contribution in [0.25, 0.3) is 0 Å². The van der Waals surface area contributed by atoms with Crippen molar-refractivity contribution in [1.29, 1.82) is 0 Å². The number of nitrogens with one attached hydrogen (secondary N) is 1. The van der Waals surface area contributed by atoms with Gasteiger partial charge in [0.1, 0.15) is 17.6 Å². The van der Waals surface area contributed by atoms with Gasteiger partial charge in [-0.1, -0.05) is 5.16 Å². The van der Waals surface area contributed by atoms with Crippen LogP contribution in [0, 0.1) is 5.92 Å². The smallest absolute Gasteiger partial charge is 0.410 e. The molecule has 166 valence electrons. The van der Waals surface area contributed by atoms with Crippen molar-refractivity contribution in [2.75, 3.05) is 32.7 Å². The minimum atomic E-state index is -0.463. The number of ether oxygens (including phenoxy) is 1. The quantitative estimate of drug-likeness (QED) is 0.349. The first-order chi connectivity index (χ1) is 13.3. The molecule has 0 saturated carbocycles. The first kappa shape index (κ1) is 25.5. The molecule has 29 heavy (non-hydrogen) atoms. The number of amides is 1. The van der Waals surface area contributed by atoms with Crippen molar-refractivity contribution in [3.8, 4) is 0 Å². The Morgan fingerprint density at radius 2 is 2.07 bits per heavy atom. The second-order valence-corrected chi connectivity index (χ2v) is 8.11. The lowest BCUT2D eigenvalue weighted by Crippen LogP contribution is -2.47. The van der Waals surface area contributed by atoms with Gasteiger partial charge in [-0.2, -0.15) is 0 Å². The van der Waals surface area contributed by atoms with Crippen LogP contribution in [0.4, 0.5) is 4.79 Å². The summed E-state index contributed by atoms with van der Waals surface area (Å²) in [7, 11) is 0. The molecule has 2 rings (SSSR count). The van der Waals surface area contributed by atoms with Crippen LogP contribution < -0.4 is 5.32 Å². The fourth-order valence-electron chi connectivity index (χ4n) is 3.20. The van der Waals surface area contributed by atoms with E-state index in [9.17, 15) is 4.79 Å². The van der Waals surface area contributed by atoms with Crippen LogP contribution in [0.3, 0.4) is 0 Å². The topological polar surface area (TPSA) is 83.2 Å². The predicted molar refractivity (Wildman–Crippen MR) is 125 cm³/mol. The Hall–Kier alpha value is -1.52. The van der Waals surface area contributed by atoms with Gasteiger partial charge in [0.15, 0.2) is 5.96 Å². The molecule has 1 aliphatic heterocycles. The molecule has 9 heteroatoms. The zero-order valence-electron chi connectivity index (χ0n) is 18.3. The Morgan fingerprint density at radius 1 is 1.38 bits per heavy atom. The van der Waals surface area contributed by atoms with Gasteiger partial charge >= 0.3 is 6.09 Å². The van der Waals surface area contributed by atoms with E-state index in [-0.39, 0.29) is 30.1 Å². The fourth-order valence-corrected chi connectivity index (χ4v) is 3.20. The second-order valence-electron chi connectivity index (χ2n) is 8.11. The van der Waals surface area contributed by atoms with E-state index in [2.05, 4.69) is 27.3 Å². The Kier molecular flexibility index (Phi) is 10.8. The standard InChI is InChI=1S/C20H35N5O3.HI/c1-6-21-18(22-14-17-10-13-27-23-17)25-11-8-16(9-12-25)15-24(7-2)19(26)28-20(3,4)5;/h10,13,16H,6-9,11-12,14-15H2,1-5H3,(H,21,22);1H. The summed E-state index contributed by atoms with van der Waals surface area (Å²) >= 11 is 0. The summed E-state index contributed by atoms with van der Waals surface area (Å²) in [5.41, 5.74) is 0.357. The molecule has 1 saturated heterocycles. The largest absolute Gasteiger partial charge is 0.444 e. The maximum atomic E-state index is 12.4. The molecule has 0 aromatic carbocycles. The van der Waals surface area contributed by atoms with Crippen LogP contribution in [0.1, 0.15) is 53.2 Å². The fraction of sp³-hybridized carbons (Fsp3) is 0.750. The van der Waals surface area contributed by atoms with E-state index in [4.69, 9.17) is 9.26 Å². The van der Waals surface area contributed by atoms with Crippen LogP contribution in [-0.4, -0.2) is 65.3 Å². The number of guanidine groups is 1. The van der Waals surface area contributed by atoms with Crippen molar-refractivity contribution in [3.63, 3.8) is 0 Å². The molecule has 0 aliphatic carbocycles. The first-order valence-corrected chi connectivity index (χ1v) is 10.2. The molecule has 1 aromatic heterocycles. The molecule has 0 radical (unpaired) electrons. The minimum absolute atomic E-state index is 0. The molecule has 8 nitrogen and oxygen atoms in total. The van der Waals surface area contributed by atoms with Crippen molar-refractivity contribution in [3.05, 3.63) is 18.0 Å². The molecule has 0 atom stereocenters. The number of likely N-dealkylation sites (tertiary alicyclic amines) is 1. The van der Waals surface area contributed by atoms with E-state index in [0.29, 0.717) is 19.0 Å². The number of nitrogens with zero attached hydrogens (tertiary/aromatic N) is 4. The van der Waals surface area contributed by atoms with E-state index in [0.717, 1.165) is 50.7 Å². The van der Waals surface area contributed by atoms with Crippen LogP contribution in [0.2, 0.25) is 0 Å². The lowest BCUT2D eigenvalue weighted by molar-refractivity contribution is 0.0214. The summed E-state index contributed by atoms with van der Waals surface area (Å²) in [6.45, 7) is 14.3. The first-order valence-electron chi connectivity index (χ1n) is 10.2. The lowest BCUT2D eigenvalue weighted by atomic mass is 9.96. The Morgan fingerprint density at radius 3 is 2.59 bits per heavy atom. The van der Waals surface area contributed by atoms with Crippen molar-refractivity contribution in [2.24, 2.45) is 10.9 Å². The zero-order chi connectivity index (χ0) is 20.6. The Balaban J connectivity index is 0.00000420. The van der Waals surface area contributed by atoms with Gasteiger partial charge in [0.2, 0.25) is 0 Å². The van der Waals surface area contributed by atoms with Gasteiger partial charge in [0, 0.05) is 38.8 Å². The number of halogens is 1. The van der Waals surface area contributed by atoms with Gasteiger partial charge in [-0.3, -0.25) is 0 Å². The average molecular weight is 521 g/mol. The molecule has 1 aliphatic rings. The third kappa shape index (κ3) is 8.79. The normalized spacial score (nSPS) is 15.6. The van der Waals surface area contributed by atoms with Crippen LogP contribution >= 0.6 is 24.0 Å². The number of piperidine rings is 1. The van der Waals surface area contributed by atoms with Gasteiger partial charge < -0.3 is 24.4 Å². The molecule has 0 bridgehead atoms. The third-order valence-corrected chi connectivity index (χ3v) is 4.64. The van der Waals surface area contributed by atoms with E-state index in [1.807, 2.05) is 38.7 Å². The molecule has 1 aromatic rings. The monoisotopic (exact) mass is 521 g/mol. The third-order valence-electron chi connectivity index (χ3n) is 4.64. The Bertz CT molecular complexity index is 623. The predicted octanol–water partition coefficient (Wildman–Crippen LogP) is 3.73. The molecular formula is C20H36IN5O3. The molecule has 0 unspecified atom stereocenters. The number of carbonyl (C=O) groups is 1. The van der Waals surface area contributed by atoms with E-state index < -0.39 is 5.60 Å². The highest BCUT2D eigenvalue weighted by Gasteiger charge is 2.27. The summed E-state index contributed by atoms with van der Waals surface area (Å²) in [6, 6.07) is 1.83. The second kappa shape index (κ2) is 12.2. The number of hydrogen-bond acceptors (Lipinski definition) is 5. The summed E-state index contributed by atoms with van der Waals surface area (Å²) in [5, 5.41) is 7.27. The van der Waals surface area contributed by atoms with Crippen molar-refractivity contribution in [2.45, 2.75) is 59.6 Å². The summed E-state index contributed by atoms with van der Waals surface area (Å²) in [4.78, 5) is 21.1. The summed E-state index contributed by atoms with van der Waals surface area (Å²) < 4.78 is 10.4. The highest BCUT2D eigenvalue weighted by molar-refractivity contribution is 14.0. The van der Waals surface area contributed by atoms with Crippen LogP contribution in [-0.2, 0) is 11.3 Å². The van der Waals surface area contributed by atoms with E-state index in [1.54, 1.807) is 6.26 Å². The number of hydrogen-bond donors (Lipinski definition) is 1. The molecule has 1 fully saturated rings. The number of aliphatic imine (C=N–C) groups is 1. The SMILES string of the molecule is CCNC(=NCc1ccon1)N1CCC(CN(CC)C(=O)OC(C)(C)C)CC1.I. The van der Waals surface area contributed by atoms with Crippen molar-refractivity contribution < 1.29 is 14.1 Å². The average Bonchev–Trinajstić information content (AvgIpc) is 3.16. The van der Waals surface area contributed by atoms with Crippen molar-refractivity contribution >= 4 is 36.0 Å². The van der Waals surface area contributed by atoms with Crippen LogP contribution in [0.5, 0.6) is 0 Å². The summed E-state index contributed by atoms with van der Waals surface area (Å²) in [6.07, 6.45) is 3.38. The van der Waals surface area contributed by atoms with Gasteiger partial charge in [-0.25, -0.2) is 9.79 Å². The van der Waals surface area contributed by atoms with Gasteiger partial charge in [0.05, 0.1) is 6.54 Å². The van der Waals surface area contributed by atoms with Gasteiger partial charge in [-0.15, -0.1) is 24.0 Å². The number of rotatable bonds is 6. The highest BCUT2D eigenvalue weighted by Crippen LogP contribution is 2.20. The van der Waals surface area contributed by atoms with Crippen LogP contribution in [0.15, 0.2) is 21.8 Å². The zero-order valence-corrected chi connectivity index (χ0v) is 20.6. The van der Waals surface area contributed by atoms with E-state index in [1.165, 1.54) is 0 Å².